The maximum atomic E-state index is 11.7. The molecule has 1 unspecified atom stereocenters. The topological polar surface area (TPSA) is 89.3 Å². The number of hydrogen-bond acceptors (Lipinski definition) is 4. The predicted molar refractivity (Wildman–Crippen MR) is 71.9 cm³/mol. The van der Waals surface area contributed by atoms with Gasteiger partial charge < -0.3 is 11.1 Å². The van der Waals surface area contributed by atoms with Crippen LogP contribution >= 0.6 is 0 Å². The first-order valence-electron chi connectivity index (χ1n) is 6.49. The smallest absolute Gasteiger partial charge is 0.236 e. The van der Waals surface area contributed by atoms with Crippen molar-refractivity contribution >= 4 is 15.7 Å². The van der Waals surface area contributed by atoms with E-state index < -0.39 is 15.9 Å². The van der Waals surface area contributed by atoms with E-state index in [0.717, 1.165) is 19.1 Å². The van der Waals surface area contributed by atoms with Crippen LogP contribution < -0.4 is 11.1 Å². The third-order valence-corrected chi connectivity index (χ3v) is 4.49. The van der Waals surface area contributed by atoms with Gasteiger partial charge in [-0.2, -0.15) is 0 Å². The summed E-state index contributed by atoms with van der Waals surface area (Å²) in [6.07, 6.45) is 5.92. The number of nitrogens with one attached hydrogen (secondary N) is 1. The molecule has 0 spiro atoms. The van der Waals surface area contributed by atoms with Crippen LogP contribution in [0.1, 0.15) is 39.0 Å². The molecule has 0 bridgehead atoms. The Bertz CT molecular complexity index is 388. The Hall–Kier alpha value is -0.620. The lowest BCUT2D eigenvalue weighted by atomic mass is 10.0. The zero-order valence-electron chi connectivity index (χ0n) is 11.2. The van der Waals surface area contributed by atoms with Crippen LogP contribution in [0.4, 0.5) is 0 Å². The molecule has 18 heavy (non-hydrogen) atoms. The average Bonchev–Trinajstić information content (AvgIpc) is 3.02. The summed E-state index contributed by atoms with van der Waals surface area (Å²) in [6, 6.07) is -0.725. The van der Waals surface area contributed by atoms with E-state index in [1.165, 1.54) is 12.8 Å². The van der Waals surface area contributed by atoms with Crippen LogP contribution in [0, 0.1) is 5.41 Å². The van der Waals surface area contributed by atoms with E-state index in [0.29, 0.717) is 12.0 Å². The molecule has 0 aromatic rings. The lowest BCUT2D eigenvalue weighted by Crippen LogP contribution is -2.43. The monoisotopic (exact) mass is 276 g/mol. The quantitative estimate of drug-likeness (QED) is 0.673. The standard InChI is InChI=1S/C12H24N2O3S/c1-3-5-12(6-7-12)9-14-11(15)10(13)4-8-18(2,16)17/h10H,3-9,13H2,1-2H3,(H,14,15). The zero-order chi connectivity index (χ0) is 13.8. The van der Waals surface area contributed by atoms with E-state index >= 15 is 0 Å². The Balaban J connectivity index is 2.28. The van der Waals surface area contributed by atoms with Crippen molar-refractivity contribution < 1.29 is 13.2 Å². The van der Waals surface area contributed by atoms with Crippen LogP contribution in [-0.2, 0) is 14.6 Å². The minimum Gasteiger partial charge on any atom is -0.354 e. The molecular weight excluding hydrogens is 252 g/mol. The van der Waals surface area contributed by atoms with Gasteiger partial charge in [0.1, 0.15) is 9.84 Å². The molecule has 0 saturated heterocycles. The van der Waals surface area contributed by atoms with Crippen molar-refractivity contribution in [3.8, 4) is 0 Å². The molecule has 1 atom stereocenters. The molecule has 0 heterocycles. The molecule has 0 aromatic carbocycles. The van der Waals surface area contributed by atoms with Crippen molar-refractivity contribution in [2.45, 2.75) is 45.1 Å². The second-order valence-corrected chi connectivity index (χ2v) is 7.75. The largest absolute Gasteiger partial charge is 0.354 e. The normalized spacial score (nSPS) is 19.3. The van der Waals surface area contributed by atoms with Crippen LogP contribution in [0.25, 0.3) is 0 Å². The first-order valence-corrected chi connectivity index (χ1v) is 8.55. The highest BCUT2D eigenvalue weighted by atomic mass is 32.2. The van der Waals surface area contributed by atoms with Crippen LogP contribution in [0.2, 0.25) is 0 Å². The van der Waals surface area contributed by atoms with E-state index in [2.05, 4.69) is 12.2 Å². The average molecular weight is 276 g/mol. The van der Waals surface area contributed by atoms with E-state index in [1.807, 2.05) is 0 Å². The summed E-state index contributed by atoms with van der Waals surface area (Å²) >= 11 is 0. The molecule has 5 nitrogen and oxygen atoms in total. The summed E-state index contributed by atoms with van der Waals surface area (Å²) in [5.74, 6) is -0.275. The number of sulfone groups is 1. The molecule has 3 N–H and O–H groups in total. The van der Waals surface area contributed by atoms with Gasteiger partial charge in [0.25, 0.3) is 0 Å². The molecule has 1 rings (SSSR count). The van der Waals surface area contributed by atoms with E-state index in [1.54, 1.807) is 0 Å². The molecule has 0 radical (unpaired) electrons. The summed E-state index contributed by atoms with van der Waals surface area (Å²) in [7, 11) is -3.05. The van der Waals surface area contributed by atoms with Crippen molar-refractivity contribution in [3.63, 3.8) is 0 Å². The van der Waals surface area contributed by atoms with Crippen LogP contribution in [0.5, 0.6) is 0 Å². The first kappa shape index (κ1) is 15.4. The third kappa shape index (κ3) is 5.35. The first-order chi connectivity index (χ1) is 8.28. The third-order valence-electron chi connectivity index (χ3n) is 3.51. The number of hydrogen-bond donors (Lipinski definition) is 2. The molecule has 6 heteroatoms. The van der Waals surface area contributed by atoms with Crippen molar-refractivity contribution in [1.82, 2.24) is 5.32 Å². The highest BCUT2D eigenvalue weighted by molar-refractivity contribution is 7.90. The summed E-state index contributed by atoms with van der Waals surface area (Å²) < 4.78 is 22.0. The number of amides is 1. The lowest BCUT2D eigenvalue weighted by molar-refractivity contribution is -0.122. The van der Waals surface area contributed by atoms with E-state index in [9.17, 15) is 13.2 Å². The number of rotatable bonds is 8. The van der Waals surface area contributed by atoms with E-state index in [4.69, 9.17) is 5.73 Å². The second-order valence-electron chi connectivity index (χ2n) is 5.49. The summed E-state index contributed by atoms with van der Waals surface area (Å²) in [5.41, 5.74) is 5.96. The van der Waals surface area contributed by atoms with Crippen molar-refractivity contribution in [3.05, 3.63) is 0 Å². The predicted octanol–water partition coefficient (Wildman–Crippen LogP) is 0.445. The van der Waals surface area contributed by atoms with Gasteiger partial charge in [-0.05, 0) is 31.1 Å². The van der Waals surface area contributed by atoms with Gasteiger partial charge in [-0.3, -0.25) is 4.79 Å². The van der Waals surface area contributed by atoms with Gasteiger partial charge in [-0.1, -0.05) is 13.3 Å². The van der Waals surface area contributed by atoms with Crippen molar-refractivity contribution in [2.75, 3.05) is 18.6 Å². The van der Waals surface area contributed by atoms with Crippen molar-refractivity contribution in [2.24, 2.45) is 11.1 Å². The van der Waals surface area contributed by atoms with Crippen molar-refractivity contribution in [1.29, 1.82) is 0 Å². The lowest BCUT2D eigenvalue weighted by Gasteiger charge is -2.17. The van der Waals surface area contributed by atoms with Gasteiger partial charge in [-0.15, -0.1) is 0 Å². The fourth-order valence-electron chi connectivity index (χ4n) is 2.10. The number of carbonyl (C=O) groups is 1. The Morgan fingerprint density at radius 3 is 2.50 bits per heavy atom. The maximum Gasteiger partial charge on any atom is 0.236 e. The fraction of sp³-hybridized carbons (Fsp3) is 0.917. The molecule has 1 aliphatic rings. The van der Waals surface area contributed by atoms with Gasteiger partial charge >= 0.3 is 0 Å². The highest BCUT2D eigenvalue weighted by Crippen LogP contribution is 2.48. The second kappa shape index (κ2) is 6.02. The van der Waals surface area contributed by atoms with Gasteiger partial charge in [0.05, 0.1) is 11.8 Å². The zero-order valence-corrected chi connectivity index (χ0v) is 12.1. The Kier molecular flexibility index (Phi) is 5.16. The molecular formula is C12H24N2O3S. The molecule has 1 aliphatic carbocycles. The Morgan fingerprint density at radius 1 is 1.44 bits per heavy atom. The maximum absolute atomic E-state index is 11.7. The molecule has 106 valence electrons. The van der Waals surface area contributed by atoms with Crippen LogP contribution in [0.15, 0.2) is 0 Å². The molecule has 1 amide bonds. The molecule has 0 aromatic heterocycles. The van der Waals surface area contributed by atoms with Gasteiger partial charge in [0.15, 0.2) is 0 Å². The van der Waals surface area contributed by atoms with Gasteiger partial charge in [-0.25, -0.2) is 8.42 Å². The summed E-state index contributed by atoms with van der Waals surface area (Å²) in [4.78, 5) is 11.7. The van der Waals surface area contributed by atoms with Gasteiger partial charge in [0, 0.05) is 12.8 Å². The Morgan fingerprint density at radius 2 is 2.06 bits per heavy atom. The SMILES string of the molecule is CCCC1(CNC(=O)C(N)CCS(C)(=O)=O)CC1. The summed E-state index contributed by atoms with van der Waals surface area (Å²) in [5, 5.41) is 2.85. The summed E-state index contributed by atoms with van der Waals surface area (Å²) in [6.45, 7) is 2.81. The Labute approximate surface area is 109 Å². The highest BCUT2D eigenvalue weighted by Gasteiger charge is 2.41. The minimum atomic E-state index is -3.05. The number of carbonyl (C=O) groups excluding carboxylic acids is 1. The van der Waals surface area contributed by atoms with E-state index in [-0.39, 0.29) is 18.1 Å². The minimum absolute atomic E-state index is 0.0400. The molecule has 0 aliphatic heterocycles. The van der Waals surface area contributed by atoms with Crippen LogP contribution in [-0.4, -0.2) is 38.9 Å². The van der Waals surface area contributed by atoms with Crippen LogP contribution in [0.3, 0.4) is 0 Å². The van der Waals surface area contributed by atoms with Gasteiger partial charge in [0.2, 0.25) is 5.91 Å². The number of nitrogens with two attached hydrogens (primary N) is 1. The fourth-order valence-corrected chi connectivity index (χ4v) is 2.78. The molecule has 1 fully saturated rings. The molecule has 1 saturated carbocycles.